The number of rotatable bonds is 7. The van der Waals surface area contributed by atoms with Crippen LogP contribution in [0, 0.1) is 6.92 Å². The number of anilines is 2. The number of nitrogens with one attached hydrogen (secondary N) is 2. The monoisotopic (exact) mass is 369 g/mol. The van der Waals surface area contributed by atoms with Gasteiger partial charge in [-0.2, -0.15) is 0 Å². The van der Waals surface area contributed by atoms with Gasteiger partial charge in [-0.25, -0.2) is 9.97 Å². The molecule has 1 aromatic heterocycles. The van der Waals surface area contributed by atoms with Gasteiger partial charge in [-0.05, 0) is 51.0 Å². The number of carbonyl (C=O) groups excluding carboxylic acids is 1. The second kappa shape index (κ2) is 8.95. The van der Waals surface area contributed by atoms with Crippen LogP contribution >= 0.6 is 0 Å². The molecule has 0 unspecified atom stereocenters. The molecule has 6 heteroatoms. The number of aromatic nitrogens is 2. The maximum Gasteiger partial charge on any atom is 0.270 e. The van der Waals surface area contributed by atoms with Crippen molar-refractivity contribution in [3.63, 3.8) is 0 Å². The standard InChI is InChI=1S/C21H31N5O/c1-15-23-18(20(27)22-12-9-13-26(5)6)14-19(24-15)25-17-11-8-7-10-16(17)21(2,3)4/h7-8,10-11,14H,9,12-13H2,1-6H3,(H,22,27)(H,23,24,25). The first-order chi connectivity index (χ1) is 12.7. The van der Waals surface area contributed by atoms with Crippen LogP contribution in [0.15, 0.2) is 30.3 Å². The van der Waals surface area contributed by atoms with E-state index in [-0.39, 0.29) is 11.3 Å². The highest BCUT2D eigenvalue weighted by atomic mass is 16.1. The predicted molar refractivity (Wildman–Crippen MR) is 111 cm³/mol. The van der Waals surface area contributed by atoms with Crippen molar-refractivity contribution in [2.24, 2.45) is 0 Å². The molecule has 2 rings (SSSR count). The number of amides is 1. The molecular weight excluding hydrogens is 338 g/mol. The Bertz CT molecular complexity index is 780. The number of hydrogen-bond donors (Lipinski definition) is 2. The SMILES string of the molecule is Cc1nc(Nc2ccccc2C(C)(C)C)cc(C(=O)NCCCN(C)C)n1. The summed E-state index contributed by atoms with van der Waals surface area (Å²) in [4.78, 5) is 23.3. The summed E-state index contributed by atoms with van der Waals surface area (Å²) in [5.41, 5.74) is 2.55. The van der Waals surface area contributed by atoms with Crippen LogP contribution in [0.3, 0.4) is 0 Å². The van der Waals surface area contributed by atoms with Gasteiger partial charge in [0.1, 0.15) is 17.3 Å². The number of para-hydroxylation sites is 1. The molecule has 6 nitrogen and oxygen atoms in total. The molecule has 1 heterocycles. The number of carbonyl (C=O) groups is 1. The van der Waals surface area contributed by atoms with E-state index in [1.165, 1.54) is 5.56 Å². The molecule has 2 N–H and O–H groups in total. The lowest BCUT2D eigenvalue weighted by Crippen LogP contribution is -2.28. The van der Waals surface area contributed by atoms with Crippen LogP contribution in [0.1, 0.15) is 49.1 Å². The highest BCUT2D eigenvalue weighted by Crippen LogP contribution is 2.30. The van der Waals surface area contributed by atoms with Gasteiger partial charge in [-0.15, -0.1) is 0 Å². The van der Waals surface area contributed by atoms with Gasteiger partial charge in [-0.3, -0.25) is 4.79 Å². The normalized spacial score (nSPS) is 11.5. The lowest BCUT2D eigenvalue weighted by Gasteiger charge is -2.23. The minimum absolute atomic E-state index is 0.00168. The summed E-state index contributed by atoms with van der Waals surface area (Å²) in [7, 11) is 4.03. The first-order valence-electron chi connectivity index (χ1n) is 9.32. The molecule has 0 bridgehead atoms. The highest BCUT2D eigenvalue weighted by molar-refractivity contribution is 5.93. The minimum atomic E-state index is -0.175. The summed E-state index contributed by atoms with van der Waals surface area (Å²) in [5, 5.41) is 6.28. The van der Waals surface area contributed by atoms with Crippen molar-refractivity contribution in [1.29, 1.82) is 0 Å². The first kappa shape index (κ1) is 20.8. The van der Waals surface area contributed by atoms with Crippen LogP contribution in [0.5, 0.6) is 0 Å². The average Bonchev–Trinajstić information content (AvgIpc) is 2.57. The molecule has 0 fully saturated rings. The van der Waals surface area contributed by atoms with Crippen molar-refractivity contribution in [2.45, 2.75) is 39.5 Å². The van der Waals surface area contributed by atoms with Crippen LogP contribution < -0.4 is 10.6 Å². The zero-order valence-electron chi connectivity index (χ0n) is 17.3. The molecule has 27 heavy (non-hydrogen) atoms. The van der Waals surface area contributed by atoms with E-state index in [9.17, 15) is 4.79 Å². The summed E-state index contributed by atoms with van der Waals surface area (Å²) in [6.45, 7) is 9.86. The third-order valence-electron chi connectivity index (χ3n) is 4.14. The number of aryl methyl sites for hydroxylation is 1. The van der Waals surface area contributed by atoms with Crippen LogP contribution in [0.25, 0.3) is 0 Å². The maximum absolute atomic E-state index is 12.4. The number of nitrogens with zero attached hydrogens (tertiary/aromatic N) is 3. The zero-order valence-corrected chi connectivity index (χ0v) is 17.3. The smallest absolute Gasteiger partial charge is 0.270 e. The predicted octanol–water partition coefficient (Wildman–Crippen LogP) is 3.51. The molecule has 0 saturated carbocycles. The van der Waals surface area contributed by atoms with E-state index in [1.54, 1.807) is 13.0 Å². The van der Waals surface area contributed by atoms with Gasteiger partial charge in [0, 0.05) is 18.3 Å². The number of hydrogen-bond acceptors (Lipinski definition) is 5. The molecule has 1 aromatic carbocycles. The van der Waals surface area contributed by atoms with Gasteiger partial charge in [0.2, 0.25) is 0 Å². The zero-order chi connectivity index (χ0) is 20.0. The average molecular weight is 370 g/mol. The van der Waals surface area contributed by atoms with E-state index < -0.39 is 0 Å². The third-order valence-corrected chi connectivity index (χ3v) is 4.14. The molecule has 0 aliphatic heterocycles. The lowest BCUT2D eigenvalue weighted by atomic mass is 9.86. The largest absolute Gasteiger partial charge is 0.351 e. The van der Waals surface area contributed by atoms with Gasteiger partial charge in [-0.1, -0.05) is 39.0 Å². The summed E-state index contributed by atoms with van der Waals surface area (Å²) < 4.78 is 0. The van der Waals surface area contributed by atoms with Crippen molar-refractivity contribution < 1.29 is 4.79 Å². The molecule has 1 amide bonds. The molecule has 0 saturated heterocycles. The van der Waals surface area contributed by atoms with E-state index >= 15 is 0 Å². The minimum Gasteiger partial charge on any atom is -0.351 e. The number of benzene rings is 1. The molecule has 0 radical (unpaired) electrons. The van der Waals surface area contributed by atoms with E-state index in [0.29, 0.717) is 23.9 Å². The Kier molecular flexibility index (Phi) is 6.91. The van der Waals surface area contributed by atoms with Crippen molar-refractivity contribution in [2.75, 3.05) is 32.5 Å². The lowest BCUT2D eigenvalue weighted by molar-refractivity contribution is 0.0947. The van der Waals surface area contributed by atoms with Crippen LogP contribution in [0.4, 0.5) is 11.5 Å². The molecule has 0 aliphatic carbocycles. The quantitative estimate of drug-likeness (QED) is 0.731. The highest BCUT2D eigenvalue weighted by Gasteiger charge is 2.18. The molecule has 0 aliphatic rings. The summed E-state index contributed by atoms with van der Waals surface area (Å²) >= 11 is 0. The fourth-order valence-electron chi connectivity index (χ4n) is 2.82. The third kappa shape index (κ3) is 6.32. The van der Waals surface area contributed by atoms with Gasteiger partial charge in [0.15, 0.2) is 0 Å². The molecule has 0 spiro atoms. The molecular formula is C21H31N5O. The van der Waals surface area contributed by atoms with Crippen molar-refractivity contribution in [3.05, 3.63) is 47.4 Å². The topological polar surface area (TPSA) is 70.2 Å². The first-order valence-corrected chi connectivity index (χ1v) is 9.32. The summed E-state index contributed by atoms with van der Waals surface area (Å²) in [5.74, 6) is 1.01. The Morgan fingerprint density at radius 3 is 2.52 bits per heavy atom. The van der Waals surface area contributed by atoms with E-state index in [2.05, 4.69) is 52.3 Å². The Balaban J connectivity index is 2.15. The second-order valence-corrected chi connectivity index (χ2v) is 8.02. The Labute approximate surface area is 162 Å². The molecule has 2 aromatic rings. The second-order valence-electron chi connectivity index (χ2n) is 8.02. The Morgan fingerprint density at radius 1 is 1.15 bits per heavy atom. The van der Waals surface area contributed by atoms with Crippen LogP contribution in [-0.4, -0.2) is 48.0 Å². The van der Waals surface area contributed by atoms with Gasteiger partial charge in [0.05, 0.1) is 0 Å². The summed E-state index contributed by atoms with van der Waals surface area (Å²) in [6.07, 6.45) is 0.896. The Hall–Kier alpha value is -2.47. The van der Waals surface area contributed by atoms with E-state index in [1.807, 2.05) is 32.3 Å². The Morgan fingerprint density at radius 2 is 1.85 bits per heavy atom. The van der Waals surface area contributed by atoms with E-state index in [4.69, 9.17) is 0 Å². The molecule has 146 valence electrons. The van der Waals surface area contributed by atoms with Crippen molar-refractivity contribution >= 4 is 17.4 Å². The van der Waals surface area contributed by atoms with Crippen molar-refractivity contribution in [3.8, 4) is 0 Å². The summed E-state index contributed by atoms with van der Waals surface area (Å²) in [6, 6.07) is 9.86. The van der Waals surface area contributed by atoms with Gasteiger partial charge in [0.25, 0.3) is 5.91 Å². The van der Waals surface area contributed by atoms with Gasteiger partial charge < -0.3 is 15.5 Å². The fourth-order valence-corrected chi connectivity index (χ4v) is 2.82. The van der Waals surface area contributed by atoms with Crippen molar-refractivity contribution in [1.82, 2.24) is 20.2 Å². The van der Waals surface area contributed by atoms with E-state index in [0.717, 1.165) is 18.7 Å². The maximum atomic E-state index is 12.4. The van der Waals surface area contributed by atoms with Crippen LogP contribution in [-0.2, 0) is 5.41 Å². The van der Waals surface area contributed by atoms with Gasteiger partial charge >= 0.3 is 0 Å². The molecule has 0 atom stereocenters. The fraction of sp³-hybridized carbons (Fsp3) is 0.476. The van der Waals surface area contributed by atoms with Crippen LogP contribution in [0.2, 0.25) is 0 Å².